The van der Waals surface area contributed by atoms with E-state index in [1.54, 1.807) is 6.07 Å². The van der Waals surface area contributed by atoms with Crippen LogP contribution in [0.5, 0.6) is 5.75 Å². The third-order valence-corrected chi connectivity index (χ3v) is 3.24. The van der Waals surface area contributed by atoms with Gasteiger partial charge in [0, 0.05) is 0 Å². The second-order valence-electron chi connectivity index (χ2n) is 4.40. The largest absolute Gasteiger partial charge is 0.496 e. The highest BCUT2D eigenvalue weighted by Crippen LogP contribution is 2.50. The molecular weight excluding hydrogens is 223 g/mol. The average molecular weight is 238 g/mol. The van der Waals surface area contributed by atoms with E-state index in [0.717, 1.165) is 18.4 Å². The van der Waals surface area contributed by atoms with E-state index < -0.39 is 5.41 Å². The number of hydrogen-bond acceptors (Lipinski definition) is 3. The molecule has 0 aliphatic heterocycles. The molecule has 1 aromatic carbocycles. The quantitative estimate of drug-likeness (QED) is 0.755. The Kier molecular flexibility index (Phi) is 3.05. The fraction of sp³-hybridized carbons (Fsp3) is 0.462. The van der Waals surface area contributed by atoms with Crippen LogP contribution in [0.25, 0.3) is 0 Å². The molecule has 0 saturated heterocycles. The Morgan fingerprint density at radius 3 is 2.65 bits per heavy atom. The van der Waals surface area contributed by atoms with Gasteiger partial charge in [-0.3, -0.25) is 4.79 Å². The van der Waals surface area contributed by atoms with Gasteiger partial charge in [0.1, 0.15) is 11.6 Å². The number of carbonyl (C=O) groups is 1. The van der Waals surface area contributed by atoms with Crippen LogP contribution >= 0.6 is 0 Å². The summed E-state index contributed by atoms with van der Waals surface area (Å²) in [5.41, 5.74) is 0.255. The number of methoxy groups -OCH3 is 2. The molecule has 0 unspecified atom stereocenters. The lowest BCUT2D eigenvalue weighted by molar-refractivity contribution is -0.147. The van der Waals surface area contributed by atoms with Crippen LogP contribution in [0.1, 0.15) is 18.4 Å². The Morgan fingerprint density at radius 2 is 2.12 bits per heavy atom. The second kappa shape index (κ2) is 4.35. The van der Waals surface area contributed by atoms with E-state index in [-0.39, 0.29) is 11.8 Å². The van der Waals surface area contributed by atoms with Gasteiger partial charge in [-0.1, -0.05) is 0 Å². The van der Waals surface area contributed by atoms with E-state index in [9.17, 15) is 9.18 Å². The number of halogens is 1. The summed E-state index contributed by atoms with van der Waals surface area (Å²) in [5, 5.41) is 0. The van der Waals surface area contributed by atoms with E-state index >= 15 is 0 Å². The molecule has 2 rings (SSSR count). The molecule has 0 spiro atoms. The number of esters is 1. The highest BCUT2D eigenvalue weighted by atomic mass is 19.1. The first-order valence-corrected chi connectivity index (χ1v) is 5.52. The van der Waals surface area contributed by atoms with Gasteiger partial charge in [0.15, 0.2) is 0 Å². The minimum absolute atomic E-state index is 0.219. The first-order chi connectivity index (χ1) is 8.11. The molecule has 1 saturated carbocycles. The Hall–Kier alpha value is -1.58. The summed E-state index contributed by atoms with van der Waals surface area (Å²) >= 11 is 0. The third kappa shape index (κ3) is 2.25. The van der Waals surface area contributed by atoms with E-state index in [1.807, 2.05) is 0 Å². The monoisotopic (exact) mass is 238 g/mol. The molecule has 4 heteroatoms. The number of benzene rings is 1. The SMILES string of the molecule is COC(=O)C1(Cc2cc(F)ccc2OC)CC1. The first kappa shape index (κ1) is 11.9. The van der Waals surface area contributed by atoms with Crippen molar-refractivity contribution in [2.45, 2.75) is 19.3 Å². The van der Waals surface area contributed by atoms with Crippen molar-refractivity contribution in [1.29, 1.82) is 0 Å². The zero-order valence-corrected chi connectivity index (χ0v) is 9.96. The van der Waals surface area contributed by atoms with Crippen molar-refractivity contribution in [1.82, 2.24) is 0 Å². The van der Waals surface area contributed by atoms with Crippen molar-refractivity contribution < 1.29 is 18.7 Å². The maximum absolute atomic E-state index is 13.2. The summed E-state index contributed by atoms with van der Waals surface area (Å²) in [7, 11) is 2.92. The van der Waals surface area contributed by atoms with Crippen LogP contribution in [-0.4, -0.2) is 20.2 Å². The van der Waals surface area contributed by atoms with Crippen LogP contribution in [-0.2, 0) is 16.0 Å². The standard InChI is InChI=1S/C13H15FO3/c1-16-11-4-3-10(14)7-9(11)8-13(5-6-13)12(15)17-2/h3-4,7H,5-6,8H2,1-2H3. The van der Waals surface area contributed by atoms with Gasteiger partial charge in [-0.05, 0) is 43.0 Å². The van der Waals surface area contributed by atoms with E-state index in [2.05, 4.69) is 0 Å². The topological polar surface area (TPSA) is 35.5 Å². The normalized spacial score (nSPS) is 16.4. The van der Waals surface area contributed by atoms with E-state index in [4.69, 9.17) is 9.47 Å². The molecule has 0 radical (unpaired) electrons. The predicted octanol–water partition coefficient (Wildman–Crippen LogP) is 2.33. The fourth-order valence-corrected chi connectivity index (χ4v) is 2.07. The molecule has 0 amide bonds. The maximum Gasteiger partial charge on any atom is 0.312 e. The molecule has 1 fully saturated rings. The molecule has 0 bridgehead atoms. The number of carbonyl (C=O) groups excluding carboxylic acids is 1. The Labute approximate surface area is 99.5 Å². The molecule has 92 valence electrons. The van der Waals surface area contributed by atoms with Crippen LogP contribution in [0.2, 0.25) is 0 Å². The molecule has 0 heterocycles. The molecule has 17 heavy (non-hydrogen) atoms. The summed E-state index contributed by atoms with van der Waals surface area (Å²) in [6.07, 6.45) is 2.05. The van der Waals surface area contributed by atoms with Crippen LogP contribution in [0.3, 0.4) is 0 Å². The summed E-state index contributed by atoms with van der Waals surface area (Å²) in [4.78, 5) is 11.6. The number of rotatable bonds is 4. The van der Waals surface area contributed by atoms with Crippen molar-refractivity contribution in [3.05, 3.63) is 29.6 Å². The average Bonchev–Trinajstić information content (AvgIpc) is 3.09. The van der Waals surface area contributed by atoms with Crippen molar-refractivity contribution in [3.63, 3.8) is 0 Å². The van der Waals surface area contributed by atoms with Gasteiger partial charge in [-0.2, -0.15) is 0 Å². The van der Waals surface area contributed by atoms with E-state index in [0.29, 0.717) is 12.2 Å². The van der Waals surface area contributed by atoms with Crippen molar-refractivity contribution in [2.75, 3.05) is 14.2 Å². The molecule has 0 atom stereocenters. The molecule has 0 N–H and O–H groups in total. The Balaban J connectivity index is 2.24. The summed E-state index contributed by atoms with van der Waals surface area (Å²) in [6.45, 7) is 0. The number of ether oxygens (including phenoxy) is 2. The van der Waals surface area contributed by atoms with Gasteiger partial charge in [-0.25, -0.2) is 4.39 Å². The number of hydrogen-bond donors (Lipinski definition) is 0. The van der Waals surface area contributed by atoms with Crippen LogP contribution in [0.4, 0.5) is 4.39 Å². The summed E-state index contributed by atoms with van der Waals surface area (Å²) < 4.78 is 23.1. The lowest BCUT2D eigenvalue weighted by Crippen LogP contribution is -2.20. The lowest BCUT2D eigenvalue weighted by Gasteiger charge is -2.15. The van der Waals surface area contributed by atoms with E-state index in [1.165, 1.54) is 26.4 Å². The van der Waals surface area contributed by atoms with Crippen molar-refractivity contribution in [3.8, 4) is 5.75 Å². The second-order valence-corrected chi connectivity index (χ2v) is 4.40. The van der Waals surface area contributed by atoms with Gasteiger partial charge >= 0.3 is 5.97 Å². The van der Waals surface area contributed by atoms with Crippen molar-refractivity contribution in [2.24, 2.45) is 5.41 Å². The smallest absolute Gasteiger partial charge is 0.312 e. The fourth-order valence-electron chi connectivity index (χ4n) is 2.07. The molecular formula is C13H15FO3. The molecule has 3 nitrogen and oxygen atoms in total. The van der Waals surface area contributed by atoms with Crippen LogP contribution in [0, 0.1) is 11.2 Å². The van der Waals surface area contributed by atoms with Crippen LogP contribution < -0.4 is 4.74 Å². The Morgan fingerprint density at radius 1 is 1.41 bits per heavy atom. The third-order valence-electron chi connectivity index (χ3n) is 3.24. The maximum atomic E-state index is 13.2. The highest BCUT2D eigenvalue weighted by Gasteiger charge is 2.51. The lowest BCUT2D eigenvalue weighted by atomic mass is 9.96. The molecule has 1 aromatic rings. The highest BCUT2D eigenvalue weighted by molar-refractivity contribution is 5.80. The molecule has 0 aromatic heterocycles. The molecule has 1 aliphatic rings. The minimum atomic E-state index is -0.462. The van der Waals surface area contributed by atoms with Gasteiger partial charge in [0.05, 0.1) is 19.6 Å². The van der Waals surface area contributed by atoms with Gasteiger partial charge < -0.3 is 9.47 Å². The van der Waals surface area contributed by atoms with Crippen molar-refractivity contribution >= 4 is 5.97 Å². The summed E-state index contributed by atoms with van der Waals surface area (Å²) in [5.74, 6) is 0.0758. The summed E-state index contributed by atoms with van der Waals surface area (Å²) in [6, 6.07) is 4.35. The molecule has 1 aliphatic carbocycles. The zero-order chi connectivity index (χ0) is 12.5. The minimum Gasteiger partial charge on any atom is -0.496 e. The van der Waals surface area contributed by atoms with Gasteiger partial charge in [0.25, 0.3) is 0 Å². The van der Waals surface area contributed by atoms with Gasteiger partial charge in [-0.15, -0.1) is 0 Å². The zero-order valence-electron chi connectivity index (χ0n) is 9.96. The van der Waals surface area contributed by atoms with Gasteiger partial charge in [0.2, 0.25) is 0 Å². The Bertz CT molecular complexity index is 438. The van der Waals surface area contributed by atoms with Crippen LogP contribution in [0.15, 0.2) is 18.2 Å². The first-order valence-electron chi connectivity index (χ1n) is 5.52. The predicted molar refractivity (Wildman–Crippen MR) is 60.3 cm³/mol.